The predicted molar refractivity (Wildman–Crippen MR) is 145 cm³/mol. The highest BCUT2D eigenvalue weighted by molar-refractivity contribution is 6.36. The van der Waals surface area contributed by atoms with Crippen LogP contribution in [0.15, 0.2) is 18.3 Å². The Balaban J connectivity index is 1.67. The number of anilines is 4. The molecule has 204 valence electrons. The van der Waals surface area contributed by atoms with Crippen LogP contribution < -0.4 is 15.5 Å². The zero-order valence-corrected chi connectivity index (χ0v) is 22.7. The van der Waals surface area contributed by atoms with Gasteiger partial charge >= 0.3 is 6.09 Å². The molecule has 1 saturated heterocycles. The van der Waals surface area contributed by atoms with Gasteiger partial charge in [0.15, 0.2) is 17.2 Å². The monoisotopic (exact) mass is 552 g/mol. The van der Waals surface area contributed by atoms with E-state index in [1.165, 1.54) is 15.6 Å². The zero-order valence-electron chi connectivity index (χ0n) is 22.0. The van der Waals surface area contributed by atoms with E-state index in [0.717, 1.165) is 0 Å². The molecule has 1 fully saturated rings. The number of hydrogen-bond donors (Lipinski definition) is 4. The summed E-state index contributed by atoms with van der Waals surface area (Å²) in [5.41, 5.74) is 1.08. The van der Waals surface area contributed by atoms with E-state index in [4.69, 9.17) is 11.6 Å². The van der Waals surface area contributed by atoms with Gasteiger partial charge in [0.2, 0.25) is 5.95 Å². The van der Waals surface area contributed by atoms with Crippen LogP contribution in [0, 0.1) is 22.7 Å². The van der Waals surface area contributed by atoms with Crippen LogP contribution in [0.3, 0.4) is 0 Å². The normalized spacial score (nSPS) is 17.4. The van der Waals surface area contributed by atoms with Crippen molar-refractivity contribution in [2.24, 2.45) is 0 Å². The molecule has 3 aromatic rings. The summed E-state index contributed by atoms with van der Waals surface area (Å²) in [5.74, 6) is 0.535. The summed E-state index contributed by atoms with van der Waals surface area (Å²) in [5, 5.41) is 50.7. The summed E-state index contributed by atoms with van der Waals surface area (Å²) in [6.07, 6.45) is -0.311. The van der Waals surface area contributed by atoms with E-state index in [1.54, 1.807) is 32.9 Å². The van der Waals surface area contributed by atoms with Gasteiger partial charge in [0.1, 0.15) is 6.07 Å². The van der Waals surface area contributed by atoms with E-state index < -0.39 is 23.8 Å². The molecule has 1 aliphatic rings. The molecule has 2 atom stereocenters. The summed E-state index contributed by atoms with van der Waals surface area (Å²) in [6.45, 7) is 8.34. The number of carboxylic acid groups (broad SMARTS) is 1. The van der Waals surface area contributed by atoms with Crippen molar-refractivity contribution in [3.8, 4) is 12.1 Å². The predicted octanol–water partition coefficient (Wildman–Crippen LogP) is 3.41. The number of rotatable bonds is 6. The lowest BCUT2D eigenvalue weighted by Gasteiger charge is -2.46. The molecule has 0 saturated carbocycles. The van der Waals surface area contributed by atoms with Crippen molar-refractivity contribution in [3.63, 3.8) is 0 Å². The van der Waals surface area contributed by atoms with E-state index in [1.807, 2.05) is 17.9 Å². The van der Waals surface area contributed by atoms with Gasteiger partial charge in [-0.1, -0.05) is 11.6 Å². The zero-order chi connectivity index (χ0) is 28.5. The Morgan fingerprint density at radius 3 is 2.64 bits per heavy atom. The maximum Gasteiger partial charge on any atom is 0.408 e. The molecule has 0 aliphatic carbocycles. The number of carbonyl (C=O) groups is 1. The molecule has 0 unspecified atom stereocenters. The first-order valence-corrected chi connectivity index (χ1v) is 12.7. The number of hydrogen-bond acceptors (Lipinski definition) is 10. The fraction of sp³-hybridized carbons (Fsp3) is 0.440. The SMILES string of the molecule is CCNc1nc(Nc2cc(C#N)cc(N3CC[C@@H](N(C(=O)O)C(C)(C)C)[C@H](O)C3)c2Cl)nn2c(C#N)cnc12. The number of nitrogens with zero attached hydrogens (tertiary/aromatic N) is 8. The number of amides is 1. The quantitative estimate of drug-likeness (QED) is 0.352. The first kappa shape index (κ1) is 27.7. The molecule has 4 rings (SSSR count). The number of nitrogens with one attached hydrogen (secondary N) is 2. The number of imidazole rings is 1. The average Bonchev–Trinajstić information content (AvgIpc) is 3.29. The van der Waals surface area contributed by atoms with Gasteiger partial charge in [-0.3, -0.25) is 4.90 Å². The van der Waals surface area contributed by atoms with Crippen LogP contribution in [0.1, 0.15) is 45.4 Å². The highest BCUT2D eigenvalue weighted by Gasteiger charge is 2.40. The lowest BCUT2D eigenvalue weighted by atomic mass is 9.94. The minimum Gasteiger partial charge on any atom is -0.465 e. The fourth-order valence-corrected chi connectivity index (χ4v) is 5.05. The Morgan fingerprint density at radius 2 is 2.05 bits per heavy atom. The molecule has 39 heavy (non-hydrogen) atoms. The summed E-state index contributed by atoms with van der Waals surface area (Å²) in [4.78, 5) is 23.8. The van der Waals surface area contributed by atoms with Gasteiger partial charge in [0.25, 0.3) is 0 Å². The van der Waals surface area contributed by atoms with Crippen LogP contribution in [-0.4, -0.2) is 78.1 Å². The van der Waals surface area contributed by atoms with Crippen molar-refractivity contribution in [2.45, 2.75) is 51.8 Å². The molecule has 1 aliphatic heterocycles. The summed E-state index contributed by atoms with van der Waals surface area (Å²) in [7, 11) is 0. The van der Waals surface area contributed by atoms with Crippen LogP contribution in [0.25, 0.3) is 5.65 Å². The first-order chi connectivity index (χ1) is 18.5. The van der Waals surface area contributed by atoms with Crippen molar-refractivity contribution >= 4 is 46.5 Å². The summed E-state index contributed by atoms with van der Waals surface area (Å²) in [6, 6.07) is 6.75. The number of aromatic nitrogens is 4. The van der Waals surface area contributed by atoms with E-state index >= 15 is 0 Å². The van der Waals surface area contributed by atoms with E-state index in [9.17, 15) is 25.5 Å². The molecule has 0 radical (unpaired) electrons. The second kappa shape index (κ2) is 10.8. The van der Waals surface area contributed by atoms with Crippen molar-refractivity contribution in [2.75, 3.05) is 35.2 Å². The molecule has 3 heterocycles. The number of aliphatic hydroxyl groups is 1. The van der Waals surface area contributed by atoms with Gasteiger partial charge < -0.3 is 25.7 Å². The highest BCUT2D eigenvalue weighted by atomic mass is 35.5. The third-order valence-corrected chi connectivity index (χ3v) is 6.79. The number of piperidine rings is 1. The molecule has 13 nitrogen and oxygen atoms in total. The van der Waals surface area contributed by atoms with Crippen LogP contribution in [0.2, 0.25) is 5.02 Å². The molecular formula is C25H29ClN10O3. The van der Waals surface area contributed by atoms with Crippen LogP contribution >= 0.6 is 11.6 Å². The molecule has 14 heteroatoms. The lowest BCUT2D eigenvalue weighted by Crippen LogP contribution is -2.60. The fourth-order valence-electron chi connectivity index (χ4n) is 4.78. The summed E-state index contributed by atoms with van der Waals surface area (Å²) >= 11 is 6.80. The van der Waals surface area contributed by atoms with Crippen LogP contribution in [0.4, 0.5) is 27.9 Å². The first-order valence-electron chi connectivity index (χ1n) is 12.3. The number of β-amino-alcohol motifs (C(OH)–C–C–N with tert-alkyl or cyclic N) is 1. The number of aliphatic hydroxyl groups excluding tert-OH is 1. The van der Waals surface area contributed by atoms with Gasteiger partial charge in [0, 0.05) is 25.2 Å². The van der Waals surface area contributed by atoms with Gasteiger partial charge in [-0.05, 0) is 46.2 Å². The minimum absolute atomic E-state index is 0.117. The van der Waals surface area contributed by atoms with Gasteiger partial charge in [0.05, 0.1) is 46.4 Å². The molecule has 0 bridgehead atoms. The number of fused-ring (bicyclic) bond motifs is 1. The average molecular weight is 553 g/mol. The number of benzene rings is 1. The molecule has 2 aromatic heterocycles. The van der Waals surface area contributed by atoms with Gasteiger partial charge in [-0.15, -0.1) is 5.10 Å². The second-order valence-corrected chi connectivity index (χ2v) is 10.5. The number of halogens is 1. The van der Waals surface area contributed by atoms with E-state index in [-0.39, 0.29) is 23.2 Å². The van der Waals surface area contributed by atoms with E-state index in [2.05, 4.69) is 31.8 Å². The lowest BCUT2D eigenvalue weighted by molar-refractivity contribution is -0.000757. The Morgan fingerprint density at radius 1 is 1.31 bits per heavy atom. The van der Waals surface area contributed by atoms with Crippen molar-refractivity contribution in [1.29, 1.82) is 10.5 Å². The van der Waals surface area contributed by atoms with Gasteiger partial charge in [-0.2, -0.15) is 20.0 Å². The van der Waals surface area contributed by atoms with Crippen molar-refractivity contribution in [3.05, 3.63) is 34.6 Å². The van der Waals surface area contributed by atoms with E-state index in [0.29, 0.717) is 47.9 Å². The summed E-state index contributed by atoms with van der Waals surface area (Å²) < 4.78 is 1.36. The Kier molecular flexibility index (Phi) is 7.67. The molecule has 1 aromatic carbocycles. The van der Waals surface area contributed by atoms with Crippen molar-refractivity contribution < 1.29 is 15.0 Å². The highest BCUT2D eigenvalue weighted by Crippen LogP contribution is 2.38. The van der Waals surface area contributed by atoms with Crippen molar-refractivity contribution in [1.82, 2.24) is 24.5 Å². The molecule has 0 spiro atoms. The second-order valence-electron chi connectivity index (χ2n) is 10.1. The molecular weight excluding hydrogens is 524 g/mol. The Bertz CT molecular complexity index is 1490. The topological polar surface area (TPSA) is 179 Å². The Labute approximate surface area is 230 Å². The molecule has 1 amide bonds. The van der Waals surface area contributed by atoms with Gasteiger partial charge in [-0.25, -0.2) is 9.78 Å². The van der Waals surface area contributed by atoms with Crippen LogP contribution in [0.5, 0.6) is 0 Å². The third kappa shape index (κ3) is 5.46. The molecule has 4 N–H and O–H groups in total. The Hall–Kier alpha value is -4.33. The maximum atomic E-state index is 12.0. The largest absolute Gasteiger partial charge is 0.465 e. The number of nitriles is 2. The maximum absolute atomic E-state index is 12.0. The minimum atomic E-state index is -1.10. The standard InChI is InChI=1S/C25H29ClN10O3/c1-5-29-21-22-30-12-15(11-28)36(22)33-23(32-21)31-16-8-14(10-27)9-18(20(16)26)34-7-6-17(19(37)13-34)35(24(38)39)25(2,3)4/h8-9,12,17,19,37H,5-7,13H2,1-4H3,(H,38,39)(H2,29,31,32,33)/t17-,19-/m1/s1. The smallest absolute Gasteiger partial charge is 0.408 e. The third-order valence-electron chi connectivity index (χ3n) is 6.40. The van der Waals surface area contributed by atoms with Crippen LogP contribution in [-0.2, 0) is 0 Å².